The molecule has 0 spiro atoms. The molecule has 0 amide bonds. The molecule has 0 radical (unpaired) electrons. The number of alkyl halides is 3. The highest BCUT2D eigenvalue weighted by molar-refractivity contribution is 5.39. The molecule has 1 aliphatic rings. The van der Waals surface area contributed by atoms with Crippen LogP contribution in [-0.2, 0) is 18.0 Å². The van der Waals surface area contributed by atoms with Crippen LogP contribution in [0.2, 0.25) is 0 Å². The minimum atomic E-state index is -4.23. The lowest BCUT2D eigenvalue weighted by Gasteiger charge is -2.15. The van der Waals surface area contributed by atoms with Crippen molar-refractivity contribution in [3.8, 4) is 0 Å². The summed E-state index contributed by atoms with van der Waals surface area (Å²) in [6.45, 7) is 4.02. The van der Waals surface area contributed by atoms with Gasteiger partial charge in [-0.1, -0.05) is 26.3 Å². The summed E-state index contributed by atoms with van der Waals surface area (Å²) in [7, 11) is 0. The zero-order valence-electron chi connectivity index (χ0n) is 10.2. The van der Waals surface area contributed by atoms with Crippen LogP contribution in [0.1, 0.15) is 49.8 Å². The van der Waals surface area contributed by atoms with Crippen molar-refractivity contribution < 1.29 is 13.2 Å². The molecule has 1 aromatic rings. The average molecular weight is 242 g/mol. The number of benzene rings is 1. The van der Waals surface area contributed by atoms with Crippen LogP contribution < -0.4 is 0 Å². The Morgan fingerprint density at radius 2 is 1.82 bits per heavy atom. The molecule has 17 heavy (non-hydrogen) atoms. The molecule has 0 atom stereocenters. The second-order valence-corrected chi connectivity index (χ2v) is 5.23. The van der Waals surface area contributed by atoms with Crippen LogP contribution in [0.3, 0.4) is 0 Å². The molecular formula is C14H17F3. The first-order valence-corrected chi connectivity index (χ1v) is 6.07. The summed E-state index contributed by atoms with van der Waals surface area (Å²) in [5.74, 6) is 0. The third kappa shape index (κ3) is 2.64. The predicted molar refractivity (Wildman–Crippen MR) is 62.0 cm³/mol. The fourth-order valence-corrected chi connectivity index (χ4v) is 2.11. The van der Waals surface area contributed by atoms with Gasteiger partial charge in [-0.15, -0.1) is 0 Å². The van der Waals surface area contributed by atoms with E-state index < -0.39 is 11.7 Å². The molecule has 1 aromatic carbocycles. The second kappa shape index (κ2) is 4.04. The van der Waals surface area contributed by atoms with Crippen molar-refractivity contribution in [3.05, 3.63) is 34.9 Å². The molecule has 1 saturated carbocycles. The predicted octanol–water partition coefficient (Wildman–Crippen LogP) is 4.71. The highest BCUT2D eigenvalue weighted by Gasteiger charge is 2.41. The fourth-order valence-electron chi connectivity index (χ4n) is 2.11. The van der Waals surface area contributed by atoms with Crippen molar-refractivity contribution in [2.75, 3.05) is 0 Å². The molecule has 0 bridgehead atoms. The van der Waals surface area contributed by atoms with Crippen LogP contribution in [0, 0.1) is 0 Å². The Labute approximate surface area is 99.8 Å². The molecule has 1 aliphatic carbocycles. The summed E-state index contributed by atoms with van der Waals surface area (Å²) in [6, 6.07) is 4.57. The van der Waals surface area contributed by atoms with Crippen LogP contribution in [0.15, 0.2) is 18.2 Å². The Kier molecular flexibility index (Phi) is 2.96. The van der Waals surface area contributed by atoms with Crippen LogP contribution in [0.4, 0.5) is 13.2 Å². The highest BCUT2D eigenvalue weighted by atomic mass is 19.4. The maximum absolute atomic E-state index is 12.8. The van der Waals surface area contributed by atoms with Crippen LogP contribution in [-0.4, -0.2) is 0 Å². The summed E-state index contributed by atoms with van der Waals surface area (Å²) >= 11 is 0. The van der Waals surface area contributed by atoms with E-state index in [4.69, 9.17) is 0 Å². The van der Waals surface area contributed by atoms with Gasteiger partial charge in [-0.2, -0.15) is 13.2 Å². The van der Waals surface area contributed by atoms with Crippen LogP contribution in [0.5, 0.6) is 0 Å². The third-order valence-corrected chi connectivity index (χ3v) is 3.56. The van der Waals surface area contributed by atoms with E-state index in [2.05, 4.69) is 0 Å². The molecule has 0 N–H and O–H groups in total. The number of hydrogen-bond donors (Lipinski definition) is 0. The lowest BCUT2D eigenvalue weighted by Crippen LogP contribution is -2.09. The first-order valence-electron chi connectivity index (χ1n) is 6.07. The van der Waals surface area contributed by atoms with Crippen molar-refractivity contribution in [1.29, 1.82) is 0 Å². The van der Waals surface area contributed by atoms with E-state index in [1.54, 1.807) is 0 Å². The number of aryl methyl sites for hydroxylation is 1. The number of rotatable bonds is 3. The van der Waals surface area contributed by atoms with Crippen molar-refractivity contribution >= 4 is 0 Å². The summed E-state index contributed by atoms with van der Waals surface area (Å²) in [5.41, 5.74) is 1.16. The molecule has 2 rings (SSSR count). The molecule has 1 fully saturated rings. The van der Waals surface area contributed by atoms with Gasteiger partial charge in [0.05, 0.1) is 5.56 Å². The Bertz CT molecular complexity index is 390. The number of halogens is 3. The molecule has 0 nitrogen and oxygen atoms in total. The van der Waals surface area contributed by atoms with Gasteiger partial charge in [-0.25, -0.2) is 0 Å². The molecule has 0 aromatic heterocycles. The standard InChI is InChI=1S/C14H17F3/c1-3-4-10-7-11(13(2)5-6-13)9-12(8-10)14(15,16)17/h7-9H,3-6H2,1-2H3. The van der Waals surface area contributed by atoms with Crippen molar-refractivity contribution in [2.24, 2.45) is 0 Å². The van der Waals surface area contributed by atoms with E-state index >= 15 is 0 Å². The average Bonchev–Trinajstić information content (AvgIpc) is 2.97. The van der Waals surface area contributed by atoms with Gasteiger partial charge in [0.1, 0.15) is 0 Å². The minimum absolute atomic E-state index is 0.0102. The van der Waals surface area contributed by atoms with Gasteiger partial charge in [0.25, 0.3) is 0 Å². The van der Waals surface area contributed by atoms with E-state index in [-0.39, 0.29) is 5.41 Å². The first-order chi connectivity index (χ1) is 7.85. The quantitative estimate of drug-likeness (QED) is 0.720. The van der Waals surface area contributed by atoms with Crippen molar-refractivity contribution in [2.45, 2.75) is 51.1 Å². The third-order valence-electron chi connectivity index (χ3n) is 3.56. The van der Waals surface area contributed by atoms with E-state index in [0.29, 0.717) is 6.42 Å². The van der Waals surface area contributed by atoms with E-state index in [1.807, 2.05) is 19.9 Å². The van der Waals surface area contributed by atoms with Crippen LogP contribution in [0.25, 0.3) is 0 Å². The summed E-state index contributed by atoms with van der Waals surface area (Å²) in [5, 5.41) is 0. The van der Waals surface area contributed by atoms with Gasteiger partial charge in [0, 0.05) is 0 Å². The Morgan fingerprint density at radius 1 is 1.18 bits per heavy atom. The Balaban J connectivity index is 2.43. The molecular weight excluding hydrogens is 225 g/mol. The van der Waals surface area contributed by atoms with Gasteiger partial charge in [0.15, 0.2) is 0 Å². The zero-order chi connectivity index (χ0) is 12.7. The van der Waals surface area contributed by atoms with Gasteiger partial charge in [-0.3, -0.25) is 0 Å². The molecule has 0 aliphatic heterocycles. The monoisotopic (exact) mass is 242 g/mol. The van der Waals surface area contributed by atoms with E-state index in [1.165, 1.54) is 12.1 Å². The highest BCUT2D eigenvalue weighted by Crippen LogP contribution is 2.48. The van der Waals surface area contributed by atoms with E-state index in [0.717, 1.165) is 30.4 Å². The first kappa shape index (κ1) is 12.5. The SMILES string of the molecule is CCCc1cc(C(F)(F)F)cc(C2(C)CC2)c1. The van der Waals surface area contributed by atoms with Crippen molar-refractivity contribution in [3.63, 3.8) is 0 Å². The van der Waals surface area contributed by atoms with Gasteiger partial charge < -0.3 is 0 Å². The summed E-state index contributed by atoms with van der Waals surface area (Å²) in [4.78, 5) is 0. The van der Waals surface area contributed by atoms with Crippen molar-refractivity contribution in [1.82, 2.24) is 0 Å². The number of hydrogen-bond acceptors (Lipinski definition) is 0. The van der Waals surface area contributed by atoms with E-state index in [9.17, 15) is 13.2 Å². The molecule has 0 heterocycles. The van der Waals surface area contributed by atoms with Gasteiger partial charge in [0.2, 0.25) is 0 Å². The van der Waals surface area contributed by atoms with Crippen LogP contribution >= 0.6 is 0 Å². The maximum atomic E-state index is 12.8. The Morgan fingerprint density at radius 3 is 2.29 bits per heavy atom. The van der Waals surface area contributed by atoms with Gasteiger partial charge >= 0.3 is 6.18 Å². The Hall–Kier alpha value is -0.990. The lowest BCUT2D eigenvalue weighted by molar-refractivity contribution is -0.137. The topological polar surface area (TPSA) is 0 Å². The summed E-state index contributed by atoms with van der Waals surface area (Å²) < 4.78 is 38.4. The summed E-state index contributed by atoms with van der Waals surface area (Å²) in [6.07, 6.45) is -0.645. The zero-order valence-corrected chi connectivity index (χ0v) is 10.2. The molecule has 94 valence electrons. The fraction of sp³-hybridized carbons (Fsp3) is 0.571. The molecule has 0 saturated heterocycles. The van der Waals surface area contributed by atoms with Gasteiger partial charge in [-0.05, 0) is 47.9 Å². The normalized spacial score (nSPS) is 18.2. The maximum Gasteiger partial charge on any atom is 0.416 e. The molecule has 3 heteroatoms. The molecule has 0 unspecified atom stereocenters. The minimum Gasteiger partial charge on any atom is -0.166 e. The largest absolute Gasteiger partial charge is 0.416 e. The second-order valence-electron chi connectivity index (χ2n) is 5.23. The lowest BCUT2D eigenvalue weighted by atomic mass is 9.92. The smallest absolute Gasteiger partial charge is 0.166 e.